The first kappa shape index (κ1) is 21.8. The van der Waals surface area contributed by atoms with Crippen molar-refractivity contribution in [2.45, 2.75) is 46.1 Å². The summed E-state index contributed by atoms with van der Waals surface area (Å²) < 4.78 is 17.8. The van der Waals surface area contributed by atoms with Gasteiger partial charge in [-0.3, -0.25) is 4.79 Å². The number of ketones is 1. The van der Waals surface area contributed by atoms with E-state index in [1.54, 1.807) is 38.1 Å². The fraction of sp³-hybridized carbons (Fsp3) is 0.391. The average Bonchev–Trinajstić information content (AvgIpc) is 2.63. The summed E-state index contributed by atoms with van der Waals surface area (Å²) in [4.78, 5) is 24.2. The van der Waals surface area contributed by atoms with Gasteiger partial charge in [-0.25, -0.2) is 9.18 Å². The molecule has 5 heteroatoms. The third-order valence-corrected chi connectivity index (χ3v) is 5.42. The Bertz CT molecular complexity index is 859. The molecule has 0 saturated heterocycles. The molecule has 0 aliphatic heterocycles. The maximum Gasteiger partial charge on any atom is 0.330 e. The summed E-state index contributed by atoms with van der Waals surface area (Å²) in [6.07, 6.45) is 5.14. The van der Waals surface area contributed by atoms with Crippen LogP contribution in [0.25, 0.3) is 0 Å². The second kappa shape index (κ2) is 8.23. The molecule has 0 saturated carbocycles. The summed E-state index contributed by atoms with van der Waals surface area (Å²) >= 11 is 0. The first-order valence-corrected chi connectivity index (χ1v) is 9.16. The Balaban J connectivity index is 2.45. The summed E-state index contributed by atoms with van der Waals surface area (Å²) in [5.74, 6) is -0.832. The van der Waals surface area contributed by atoms with E-state index in [-0.39, 0.29) is 18.0 Å². The van der Waals surface area contributed by atoms with Crippen molar-refractivity contribution in [1.29, 1.82) is 0 Å². The normalized spacial score (nSPS) is 22.7. The minimum absolute atomic E-state index is 0.0216. The maximum absolute atomic E-state index is 13.2. The highest BCUT2D eigenvalue weighted by atomic mass is 19.1. The number of aliphatic hydroxyl groups is 1. The van der Waals surface area contributed by atoms with Gasteiger partial charge in [0.1, 0.15) is 11.4 Å². The van der Waals surface area contributed by atoms with Crippen LogP contribution in [0.5, 0.6) is 0 Å². The molecule has 4 nitrogen and oxygen atoms in total. The van der Waals surface area contributed by atoms with Crippen molar-refractivity contribution < 1.29 is 23.8 Å². The van der Waals surface area contributed by atoms with Crippen LogP contribution in [-0.4, -0.2) is 29.6 Å². The number of benzene rings is 1. The lowest BCUT2D eigenvalue weighted by atomic mass is 9.62. The number of esters is 1. The van der Waals surface area contributed by atoms with Gasteiger partial charge in [0.05, 0.1) is 7.11 Å². The van der Waals surface area contributed by atoms with Crippen molar-refractivity contribution in [3.05, 3.63) is 70.6 Å². The Hall–Kier alpha value is -2.53. The number of halogens is 1. The molecular weight excluding hydrogens is 359 g/mol. The van der Waals surface area contributed by atoms with E-state index in [0.29, 0.717) is 23.1 Å². The second-order valence-corrected chi connectivity index (χ2v) is 7.90. The van der Waals surface area contributed by atoms with Crippen molar-refractivity contribution in [2.24, 2.45) is 5.41 Å². The lowest BCUT2D eigenvalue weighted by Crippen LogP contribution is -2.49. The lowest BCUT2D eigenvalue weighted by molar-refractivity contribution is -0.134. The average molecular weight is 386 g/mol. The number of ether oxygens (including phenoxy) is 1. The number of methoxy groups -OCH3 is 1. The molecule has 1 aliphatic rings. The predicted molar refractivity (Wildman–Crippen MR) is 106 cm³/mol. The summed E-state index contributed by atoms with van der Waals surface area (Å²) in [6, 6.07) is 5.99. The molecule has 28 heavy (non-hydrogen) atoms. The topological polar surface area (TPSA) is 63.6 Å². The van der Waals surface area contributed by atoms with Gasteiger partial charge in [0.25, 0.3) is 0 Å². The Morgan fingerprint density at radius 1 is 1.29 bits per heavy atom. The van der Waals surface area contributed by atoms with Gasteiger partial charge in [-0.2, -0.15) is 0 Å². The second-order valence-electron chi connectivity index (χ2n) is 7.90. The molecule has 1 aromatic rings. The lowest BCUT2D eigenvalue weighted by Gasteiger charge is -2.46. The summed E-state index contributed by atoms with van der Waals surface area (Å²) in [5, 5.41) is 11.5. The van der Waals surface area contributed by atoms with Gasteiger partial charge in [-0.1, -0.05) is 32.1 Å². The highest BCUT2D eigenvalue weighted by Crippen LogP contribution is 2.47. The van der Waals surface area contributed by atoms with Gasteiger partial charge in [-0.15, -0.1) is 0 Å². The number of Topliss-reactive ketones (excluding diaryl/α,β-unsaturated/α-hetero) is 1. The Morgan fingerprint density at radius 3 is 2.46 bits per heavy atom. The number of carbonyl (C=O) groups is 2. The van der Waals surface area contributed by atoms with Crippen molar-refractivity contribution in [2.75, 3.05) is 7.11 Å². The van der Waals surface area contributed by atoms with Crippen LogP contribution in [0.1, 0.15) is 39.7 Å². The zero-order valence-corrected chi connectivity index (χ0v) is 17.0. The van der Waals surface area contributed by atoms with Crippen LogP contribution in [0.3, 0.4) is 0 Å². The van der Waals surface area contributed by atoms with E-state index in [1.807, 2.05) is 13.8 Å². The van der Waals surface area contributed by atoms with Crippen LogP contribution in [0.2, 0.25) is 0 Å². The number of hydrogen-bond acceptors (Lipinski definition) is 4. The zero-order chi connectivity index (χ0) is 21.1. The molecule has 0 heterocycles. The standard InChI is InChI=1S/C23H27FO4/c1-15(12-21(26)28-5)10-11-23(27)16(2)19(20(25)14-22(23,3)4)13-17-6-8-18(24)9-7-17/h6-12,27H,13-14H2,1-5H3/t23-/m1/s1. The van der Waals surface area contributed by atoms with Crippen LogP contribution >= 0.6 is 0 Å². The molecular formula is C23H27FO4. The van der Waals surface area contributed by atoms with Crippen LogP contribution in [0.15, 0.2) is 59.2 Å². The van der Waals surface area contributed by atoms with Gasteiger partial charge in [0.2, 0.25) is 0 Å². The fourth-order valence-electron chi connectivity index (χ4n) is 3.52. The Morgan fingerprint density at radius 2 is 1.89 bits per heavy atom. The summed E-state index contributed by atoms with van der Waals surface area (Å²) in [5.41, 5.74) is 0.454. The van der Waals surface area contributed by atoms with Crippen molar-refractivity contribution in [3.8, 4) is 0 Å². The summed E-state index contributed by atoms with van der Waals surface area (Å²) in [7, 11) is 1.30. The zero-order valence-electron chi connectivity index (χ0n) is 17.0. The van der Waals surface area contributed by atoms with Crippen LogP contribution in [0.4, 0.5) is 4.39 Å². The molecule has 0 bridgehead atoms. The molecule has 0 amide bonds. The van der Waals surface area contributed by atoms with E-state index in [9.17, 15) is 19.1 Å². The molecule has 1 aromatic carbocycles. The highest BCUT2D eigenvalue weighted by Gasteiger charge is 2.49. The van der Waals surface area contributed by atoms with E-state index >= 15 is 0 Å². The first-order valence-electron chi connectivity index (χ1n) is 9.16. The smallest absolute Gasteiger partial charge is 0.330 e. The van der Waals surface area contributed by atoms with Gasteiger partial charge in [-0.05, 0) is 48.8 Å². The number of hydrogen-bond donors (Lipinski definition) is 1. The third-order valence-electron chi connectivity index (χ3n) is 5.42. The molecule has 2 rings (SSSR count). The number of allylic oxidation sites excluding steroid dienone is 3. The molecule has 0 unspecified atom stereocenters. The quantitative estimate of drug-likeness (QED) is 0.470. The molecule has 1 atom stereocenters. The predicted octanol–water partition coefficient (Wildman–Crippen LogP) is 4.09. The van der Waals surface area contributed by atoms with Crippen molar-refractivity contribution in [3.63, 3.8) is 0 Å². The molecule has 0 spiro atoms. The molecule has 1 N–H and O–H groups in total. The molecule has 0 fully saturated rings. The first-order chi connectivity index (χ1) is 13.0. The Labute approximate surface area is 165 Å². The number of carbonyl (C=O) groups excluding carboxylic acids is 2. The largest absolute Gasteiger partial charge is 0.466 e. The molecule has 0 radical (unpaired) electrons. The van der Waals surface area contributed by atoms with E-state index < -0.39 is 17.0 Å². The van der Waals surface area contributed by atoms with Gasteiger partial charge in [0.15, 0.2) is 5.78 Å². The summed E-state index contributed by atoms with van der Waals surface area (Å²) in [6.45, 7) is 7.16. The van der Waals surface area contributed by atoms with Crippen LogP contribution in [0, 0.1) is 11.2 Å². The molecule has 150 valence electrons. The Kier molecular flexibility index (Phi) is 6.40. The van der Waals surface area contributed by atoms with Gasteiger partial charge < -0.3 is 9.84 Å². The molecule has 0 aromatic heterocycles. The van der Waals surface area contributed by atoms with Crippen LogP contribution < -0.4 is 0 Å². The monoisotopic (exact) mass is 386 g/mol. The molecule has 1 aliphatic carbocycles. The third kappa shape index (κ3) is 4.47. The van der Waals surface area contributed by atoms with Gasteiger partial charge in [0, 0.05) is 29.9 Å². The van der Waals surface area contributed by atoms with Crippen LogP contribution in [-0.2, 0) is 20.7 Å². The SMILES string of the molecule is COC(=O)C=C(C)C=C[C@@]1(O)C(C)=C(Cc2ccc(F)cc2)C(=O)CC1(C)C. The minimum Gasteiger partial charge on any atom is -0.466 e. The van der Waals surface area contributed by atoms with E-state index in [4.69, 9.17) is 0 Å². The maximum atomic E-state index is 13.2. The van der Waals surface area contributed by atoms with Crippen molar-refractivity contribution in [1.82, 2.24) is 0 Å². The number of rotatable bonds is 5. The van der Waals surface area contributed by atoms with E-state index in [2.05, 4.69) is 4.74 Å². The van der Waals surface area contributed by atoms with E-state index in [1.165, 1.54) is 25.3 Å². The van der Waals surface area contributed by atoms with Gasteiger partial charge >= 0.3 is 5.97 Å². The fourth-order valence-corrected chi connectivity index (χ4v) is 3.52. The minimum atomic E-state index is -1.36. The highest BCUT2D eigenvalue weighted by molar-refractivity contribution is 5.98. The van der Waals surface area contributed by atoms with E-state index in [0.717, 1.165) is 5.56 Å². The van der Waals surface area contributed by atoms with Crippen molar-refractivity contribution >= 4 is 11.8 Å².